The average molecular weight is 352 g/mol. The fraction of sp³-hybridized carbons (Fsp3) is 0.571. The van der Waals surface area contributed by atoms with E-state index in [1.165, 1.54) is 6.07 Å². The zero-order valence-corrected chi connectivity index (χ0v) is 12.8. The van der Waals surface area contributed by atoms with Crippen LogP contribution in [0.3, 0.4) is 0 Å². The lowest BCUT2D eigenvalue weighted by Gasteiger charge is -2.12. The molecule has 2 N–H and O–H groups in total. The third kappa shape index (κ3) is 7.17. The number of hydrogen-bond acceptors (Lipinski definition) is 3. The zero-order chi connectivity index (χ0) is 14.8. The van der Waals surface area contributed by atoms with Crippen molar-refractivity contribution in [2.24, 2.45) is 0 Å². The zero-order valence-electron chi connectivity index (χ0n) is 11.2. The van der Waals surface area contributed by atoms with E-state index in [9.17, 15) is 8.78 Å². The lowest BCUT2D eigenvalue weighted by Crippen LogP contribution is -2.16. The standard InChI is InChI=1S/C14H20BrF2NO2/c15-12-5-6-13(20-14(16)17)11(9-12)10-18-7-3-1-2-4-8-19/h5-6,9,14,18-19H,1-4,7-8,10H2. The van der Waals surface area contributed by atoms with Crippen molar-refractivity contribution in [3.63, 3.8) is 0 Å². The van der Waals surface area contributed by atoms with Crippen LogP contribution in [-0.4, -0.2) is 24.9 Å². The summed E-state index contributed by atoms with van der Waals surface area (Å²) in [7, 11) is 0. The molecule has 0 aliphatic carbocycles. The van der Waals surface area contributed by atoms with E-state index in [2.05, 4.69) is 26.0 Å². The van der Waals surface area contributed by atoms with Gasteiger partial charge in [0, 0.05) is 23.2 Å². The Kier molecular flexibility index (Phi) is 8.73. The van der Waals surface area contributed by atoms with Gasteiger partial charge in [0.2, 0.25) is 0 Å². The first-order chi connectivity index (χ1) is 9.63. The molecule has 1 aromatic rings. The van der Waals surface area contributed by atoms with Crippen molar-refractivity contribution in [2.45, 2.75) is 38.8 Å². The van der Waals surface area contributed by atoms with Crippen molar-refractivity contribution in [3.8, 4) is 5.75 Å². The number of aliphatic hydroxyl groups excluding tert-OH is 1. The number of alkyl halides is 2. The molecular formula is C14H20BrF2NO2. The highest BCUT2D eigenvalue weighted by molar-refractivity contribution is 9.10. The number of hydrogen-bond donors (Lipinski definition) is 2. The Labute approximate surface area is 126 Å². The van der Waals surface area contributed by atoms with Crippen LogP contribution < -0.4 is 10.1 Å². The summed E-state index contributed by atoms with van der Waals surface area (Å²) in [5, 5.41) is 11.9. The van der Waals surface area contributed by atoms with Gasteiger partial charge in [0.05, 0.1) is 0 Å². The monoisotopic (exact) mass is 351 g/mol. The Hall–Kier alpha value is -0.720. The minimum absolute atomic E-state index is 0.205. The number of unbranched alkanes of at least 4 members (excludes halogenated alkanes) is 3. The van der Waals surface area contributed by atoms with Crippen LogP contribution in [0.25, 0.3) is 0 Å². The smallest absolute Gasteiger partial charge is 0.387 e. The van der Waals surface area contributed by atoms with Gasteiger partial charge >= 0.3 is 6.61 Å². The molecule has 0 aliphatic rings. The molecule has 0 unspecified atom stereocenters. The molecule has 0 saturated heterocycles. The first kappa shape index (κ1) is 17.3. The highest BCUT2D eigenvalue weighted by Crippen LogP contribution is 2.24. The summed E-state index contributed by atoms with van der Waals surface area (Å²) < 4.78 is 29.9. The van der Waals surface area contributed by atoms with Crippen molar-refractivity contribution >= 4 is 15.9 Å². The molecule has 0 bridgehead atoms. The van der Waals surface area contributed by atoms with Gasteiger partial charge in [-0.25, -0.2) is 0 Å². The summed E-state index contributed by atoms with van der Waals surface area (Å²) in [4.78, 5) is 0. The molecule has 0 aromatic heterocycles. The van der Waals surface area contributed by atoms with Gasteiger partial charge in [-0.1, -0.05) is 28.8 Å². The largest absolute Gasteiger partial charge is 0.434 e. The summed E-state index contributed by atoms with van der Waals surface area (Å²) >= 11 is 3.32. The minimum atomic E-state index is -2.81. The molecule has 0 heterocycles. The summed E-state index contributed by atoms with van der Waals surface area (Å²) in [6, 6.07) is 4.99. The second kappa shape index (κ2) is 10.1. The van der Waals surface area contributed by atoms with Crippen LogP contribution >= 0.6 is 15.9 Å². The van der Waals surface area contributed by atoms with E-state index in [4.69, 9.17) is 5.11 Å². The molecule has 114 valence electrons. The predicted molar refractivity (Wildman–Crippen MR) is 78.0 cm³/mol. The average Bonchev–Trinajstić information content (AvgIpc) is 2.40. The Bertz CT molecular complexity index is 391. The Morgan fingerprint density at radius 2 is 1.95 bits per heavy atom. The number of rotatable bonds is 10. The minimum Gasteiger partial charge on any atom is -0.434 e. The Morgan fingerprint density at radius 3 is 2.65 bits per heavy atom. The number of aliphatic hydroxyl groups is 1. The lowest BCUT2D eigenvalue weighted by atomic mass is 10.2. The van der Waals surface area contributed by atoms with Crippen molar-refractivity contribution in [1.82, 2.24) is 5.32 Å². The maximum absolute atomic E-state index is 12.3. The third-order valence-electron chi connectivity index (χ3n) is 2.82. The molecule has 6 heteroatoms. The maximum Gasteiger partial charge on any atom is 0.387 e. The predicted octanol–water partition coefficient (Wildman–Crippen LogP) is 3.69. The second-order valence-corrected chi connectivity index (χ2v) is 5.36. The van der Waals surface area contributed by atoms with E-state index in [0.29, 0.717) is 12.1 Å². The molecule has 0 radical (unpaired) electrons. The summed E-state index contributed by atoms with van der Waals surface area (Å²) in [6.45, 7) is -1.28. The highest BCUT2D eigenvalue weighted by atomic mass is 79.9. The topological polar surface area (TPSA) is 41.5 Å². The number of ether oxygens (including phenoxy) is 1. The van der Waals surface area contributed by atoms with Gasteiger partial charge in [-0.3, -0.25) is 0 Å². The quantitative estimate of drug-likeness (QED) is 0.631. The molecule has 1 aromatic carbocycles. The van der Waals surface area contributed by atoms with Crippen molar-refractivity contribution in [3.05, 3.63) is 28.2 Å². The van der Waals surface area contributed by atoms with E-state index in [1.807, 2.05) is 0 Å². The highest BCUT2D eigenvalue weighted by Gasteiger charge is 2.09. The molecule has 3 nitrogen and oxygen atoms in total. The van der Waals surface area contributed by atoms with Gasteiger partial charge in [0.1, 0.15) is 5.75 Å². The van der Waals surface area contributed by atoms with Crippen LogP contribution in [0.4, 0.5) is 8.78 Å². The van der Waals surface area contributed by atoms with E-state index >= 15 is 0 Å². The molecule has 0 atom stereocenters. The van der Waals surface area contributed by atoms with E-state index in [0.717, 1.165) is 36.7 Å². The fourth-order valence-corrected chi connectivity index (χ4v) is 2.24. The van der Waals surface area contributed by atoms with Crippen molar-refractivity contribution in [2.75, 3.05) is 13.2 Å². The first-order valence-corrected chi connectivity index (χ1v) is 7.47. The van der Waals surface area contributed by atoms with Crippen molar-refractivity contribution in [1.29, 1.82) is 0 Å². The van der Waals surface area contributed by atoms with Gasteiger partial charge in [0.25, 0.3) is 0 Å². The summed E-state index contributed by atoms with van der Waals surface area (Å²) in [6.07, 6.45) is 3.89. The first-order valence-electron chi connectivity index (χ1n) is 6.68. The number of benzene rings is 1. The molecule has 0 aliphatic heterocycles. The Balaban J connectivity index is 2.36. The second-order valence-electron chi connectivity index (χ2n) is 4.45. The van der Waals surface area contributed by atoms with E-state index in [1.54, 1.807) is 12.1 Å². The normalized spacial score (nSPS) is 11.1. The van der Waals surface area contributed by atoms with Gasteiger partial charge < -0.3 is 15.2 Å². The molecule has 0 fully saturated rings. The SMILES string of the molecule is OCCCCCCNCc1cc(Br)ccc1OC(F)F. The van der Waals surface area contributed by atoms with Crippen LogP contribution in [0.2, 0.25) is 0 Å². The summed E-state index contributed by atoms with van der Waals surface area (Å²) in [5.41, 5.74) is 0.704. The Morgan fingerprint density at radius 1 is 1.20 bits per heavy atom. The van der Waals surface area contributed by atoms with Crippen LogP contribution in [0.5, 0.6) is 5.75 Å². The van der Waals surface area contributed by atoms with Crippen LogP contribution in [0.15, 0.2) is 22.7 Å². The molecule has 0 amide bonds. The molecule has 0 saturated carbocycles. The molecule has 0 spiro atoms. The fourth-order valence-electron chi connectivity index (χ4n) is 1.84. The number of nitrogens with one attached hydrogen (secondary N) is 1. The van der Waals surface area contributed by atoms with Crippen LogP contribution in [0.1, 0.15) is 31.2 Å². The molecular weight excluding hydrogens is 332 g/mol. The lowest BCUT2D eigenvalue weighted by molar-refractivity contribution is -0.0505. The van der Waals surface area contributed by atoms with E-state index < -0.39 is 6.61 Å². The van der Waals surface area contributed by atoms with E-state index in [-0.39, 0.29) is 12.4 Å². The van der Waals surface area contributed by atoms with Gasteiger partial charge in [-0.05, 0) is 37.6 Å². The van der Waals surface area contributed by atoms with Crippen molar-refractivity contribution < 1.29 is 18.6 Å². The van der Waals surface area contributed by atoms with Gasteiger partial charge in [-0.15, -0.1) is 0 Å². The summed E-state index contributed by atoms with van der Waals surface area (Å²) in [5.74, 6) is 0.205. The van der Waals surface area contributed by atoms with Crippen LogP contribution in [-0.2, 0) is 6.54 Å². The van der Waals surface area contributed by atoms with Gasteiger partial charge in [0.15, 0.2) is 0 Å². The maximum atomic E-state index is 12.3. The molecule has 1 rings (SSSR count). The van der Waals surface area contributed by atoms with Gasteiger partial charge in [-0.2, -0.15) is 8.78 Å². The third-order valence-corrected chi connectivity index (χ3v) is 3.31. The molecule has 20 heavy (non-hydrogen) atoms. The van der Waals surface area contributed by atoms with Crippen LogP contribution in [0, 0.1) is 0 Å². The number of halogens is 3.